The second-order valence-electron chi connectivity index (χ2n) is 4.03. The predicted octanol–water partition coefficient (Wildman–Crippen LogP) is 3.23. The van der Waals surface area contributed by atoms with Crippen molar-refractivity contribution in [3.05, 3.63) is 59.2 Å². The average Bonchev–Trinajstić information content (AvgIpc) is 2.38. The number of hydrogen-bond acceptors (Lipinski definition) is 2. The summed E-state index contributed by atoms with van der Waals surface area (Å²) in [5.74, 6) is -2.62. The largest absolute Gasteiger partial charge is 0.508 e. The Morgan fingerprint density at radius 2 is 1.89 bits per heavy atom. The third kappa shape index (κ3) is 2.70. The molecule has 1 amide bonds. The van der Waals surface area contributed by atoms with Crippen LogP contribution in [0.5, 0.6) is 5.75 Å². The summed E-state index contributed by atoms with van der Waals surface area (Å²) in [6.45, 7) is 1.64. The van der Waals surface area contributed by atoms with E-state index in [1.54, 1.807) is 19.1 Å². The number of carbonyl (C=O) groups excluding carboxylic acids is 1. The molecule has 0 aliphatic heterocycles. The lowest BCUT2D eigenvalue weighted by Crippen LogP contribution is -2.13. The van der Waals surface area contributed by atoms with Gasteiger partial charge in [-0.3, -0.25) is 4.79 Å². The number of benzene rings is 2. The van der Waals surface area contributed by atoms with Crippen molar-refractivity contribution in [3.63, 3.8) is 0 Å². The van der Waals surface area contributed by atoms with Gasteiger partial charge >= 0.3 is 0 Å². The molecule has 0 heterocycles. The monoisotopic (exact) mass is 263 g/mol. The Labute approximate surface area is 108 Å². The maximum absolute atomic E-state index is 13.0. The van der Waals surface area contributed by atoms with Crippen molar-refractivity contribution in [3.8, 4) is 5.75 Å². The molecular formula is C14H11F2NO2. The van der Waals surface area contributed by atoms with Crippen molar-refractivity contribution >= 4 is 11.6 Å². The highest BCUT2D eigenvalue weighted by molar-refractivity contribution is 6.04. The van der Waals surface area contributed by atoms with E-state index < -0.39 is 17.5 Å². The number of halogens is 2. The minimum absolute atomic E-state index is 0.00152. The normalized spacial score (nSPS) is 10.3. The second-order valence-corrected chi connectivity index (χ2v) is 4.03. The van der Waals surface area contributed by atoms with Gasteiger partial charge < -0.3 is 10.4 Å². The number of nitrogens with one attached hydrogen (secondary N) is 1. The molecule has 0 atom stereocenters. The van der Waals surface area contributed by atoms with Gasteiger partial charge in [0.2, 0.25) is 0 Å². The zero-order valence-corrected chi connectivity index (χ0v) is 10.1. The first-order chi connectivity index (χ1) is 8.99. The summed E-state index contributed by atoms with van der Waals surface area (Å²) in [6, 6.07) is 7.56. The average molecular weight is 263 g/mol. The first-order valence-corrected chi connectivity index (χ1v) is 5.54. The van der Waals surface area contributed by atoms with Gasteiger partial charge in [-0.05, 0) is 37.3 Å². The molecule has 5 heteroatoms. The van der Waals surface area contributed by atoms with Crippen LogP contribution in [0.1, 0.15) is 15.9 Å². The Hall–Kier alpha value is -2.43. The van der Waals surface area contributed by atoms with Crippen LogP contribution in [0.2, 0.25) is 0 Å². The summed E-state index contributed by atoms with van der Waals surface area (Å²) in [6.07, 6.45) is 0. The maximum atomic E-state index is 13.0. The van der Waals surface area contributed by atoms with Gasteiger partial charge in [-0.2, -0.15) is 0 Å². The Morgan fingerprint density at radius 3 is 2.58 bits per heavy atom. The third-order valence-electron chi connectivity index (χ3n) is 2.74. The van der Waals surface area contributed by atoms with E-state index in [0.717, 1.165) is 12.1 Å². The number of phenolic OH excluding ortho intramolecular Hbond substituents is 1. The molecule has 2 aromatic rings. The van der Waals surface area contributed by atoms with Crippen molar-refractivity contribution in [2.24, 2.45) is 0 Å². The fourth-order valence-electron chi connectivity index (χ4n) is 1.59. The molecule has 98 valence electrons. The molecule has 0 aliphatic rings. The molecule has 0 radical (unpaired) electrons. The zero-order chi connectivity index (χ0) is 14.0. The summed E-state index contributed by atoms with van der Waals surface area (Å²) < 4.78 is 25.8. The first-order valence-electron chi connectivity index (χ1n) is 5.54. The number of hydrogen-bond donors (Lipinski definition) is 2. The van der Waals surface area contributed by atoms with Gasteiger partial charge in [-0.15, -0.1) is 0 Å². The van der Waals surface area contributed by atoms with Crippen LogP contribution in [0.4, 0.5) is 14.5 Å². The lowest BCUT2D eigenvalue weighted by atomic mass is 10.1. The van der Waals surface area contributed by atoms with Crippen LogP contribution in [-0.4, -0.2) is 11.0 Å². The maximum Gasteiger partial charge on any atom is 0.255 e. The number of aromatic hydroxyl groups is 1. The first kappa shape index (κ1) is 13.0. The zero-order valence-electron chi connectivity index (χ0n) is 10.1. The molecule has 0 spiro atoms. The molecule has 0 aromatic heterocycles. The molecule has 0 aliphatic carbocycles. The predicted molar refractivity (Wildman–Crippen MR) is 67.2 cm³/mol. The molecule has 0 saturated heterocycles. The van der Waals surface area contributed by atoms with Crippen LogP contribution in [0.3, 0.4) is 0 Å². The Morgan fingerprint density at radius 1 is 1.16 bits per heavy atom. The SMILES string of the molecule is Cc1c(O)cccc1NC(=O)c1ccc(F)c(F)c1. The highest BCUT2D eigenvalue weighted by atomic mass is 19.2. The van der Waals surface area contributed by atoms with Gasteiger partial charge in [-0.25, -0.2) is 8.78 Å². The molecule has 2 N–H and O–H groups in total. The number of amides is 1. The van der Waals surface area contributed by atoms with Crippen molar-refractivity contribution in [1.82, 2.24) is 0 Å². The van der Waals surface area contributed by atoms with Gasteiger partial charge in [0.15, 0.2) is 11.6 Å². The molecule has 2 aromatic carbocycles. The number of phenols is 1. The highest BCUT2D eigenvalue weighted by Gasteiger charge is 2.11. The number of carbonyl (C=O) groups is 1. The highest BCUT2D eigenvalue weighted by Crippen LogP contribution is 2.24. The minimum Gasteiger partial charge on any atom is -0.508 e. The van der Waals surface area contributed by atoms with Crippen molar-refractivity contribution in [1.29, 1.82) is 0 Å². The van der Waals surface area contributed by atoms with Crippen molar-refractivity contribution in [2.45, 2.75) is 6.92 Å². The molecule has 0 saturated carbocycles. The van der Waals surface area contributed by atoms with Crippen LogP contribution in [0.15, 0.2) is 36.4 Å². The smallest absolute Gasteiger partial charge is 0.255 e. The Kier molecular flexibility index (Phi) is 3.46. The van der Waals surface area contributed by atoms with Gasteiger partial charge in [-0.1, -0.05) is 6.07 Å². The molecule has 0 unspecified atom stereocenters. The molecule has 3 nitrogen and oxygen atoms in total. The standard InChI is InChI=1S/C14H11F2NO2/c1-8-12(3-2-4-13(8)18)17-14(19)9-5-6-10(15)11(16)7-9/h2-7,18H,1H3,(H,17,19). The Bertz CT molecular complexity index is 641. The molecule has 19 heavy (non-hydrogen) atoms. The van der Waals surface area contributed by atoms with Crippen LogP contribution in [0, 0.1) is 18.6 Å². The summed E-state index contributed by atoms with van der Waals surface area (Å²) >= 11 is 0. The number of rotatable bonds is 2. The summed E-state index contributed by atoms with van der Waals surface area (Å²) in [4.78, 5) is 11.9. The summed E-state index contributed by atoms with van der Waals surface area (Å²) in [7, 11) is 0. The van der Waals surface area contributed by atoms with E-state index in [9.17, 15) is 18.7 Å². The molecular weight excluding hydrogens is 252 g/mol. The van der Waals surface area contributed by atoms with Gasteiger partial charge in [0.1, 0.15) is 5.75 Å². The third-order valence-corrected chi connectivity index (χ3v) is 2.74. The molecule has 2 rings (SSSR count). The quantitative estimate of drug-likeness (QED) is 0.873. The summed E-state index contributed by atoms with van der Waals surface area (Å²) in [5.41, 5.74) is 0.912. The number of anilines is 1. The molecule has 0 bridgehead atoms. The van der Waals surface area contributed by atoms with Crippen molar-refractivity contribution < 1.29 is 18.7 Å². The lowest BCUT2D eigenvalue weighted by molar-refractivity contribution is 0.102. The van der Waals surface area contributed by atoms with Crippen LogP contribution in [-0.2, 0) is 0 Å². The Balaban J connectivity index is 2.26. The van der Waals surface area contributed by atoms with E-state index in [1.807, 2.05) is 0 Å². The lowest BCUT2D eigenvalue weighted by Gasteiger charge is -2.09. The molecule has 0 fully saturated rings. The van der Waals surface area contributed by atoms with Crippen LogP contribution >= 0.6 is 0 Å². The van der Waals surface area contributed by atoms with E-state index in [0.29, 0.717) is 11.3 Å². The minimum atomic E-state index is -1.08. The van der Waals surface area contributed by atoms with Gasteiger partial charge in [0.05, 0.1) is 0 Å². The van der Waals surface area contributed by atoms with E-state index in [2.05, 4.69) is 5.32 Å². The van der Waals surface area contributed by atoms with Crippen LogP contribution < -0.4 is 5.32 Å². The van der Waals surface area contributed by atoms with Crippen LogP contribution in [0.25, 0.3) is 0 Å². The summed E-state index contributed by atoms with van der Waals surface area (Å²) in [5, 5.41) is 12.0. The fraction of sp³-hybridized carbons (Fsp3) is 0.0714. The van der Waals surface area contributed by atoms with E-state index in [-0.39, 0.29) is 11.3 Å². The fourth-order valence-corrected chi connectivity index (χ4v) is 1.59. The van der Waals surface area contributed by atoms with Gasteiger partial charge in [0.25, 0.3) is 5.91 Å². The van der Waals surface area contributed by atoms with E-state index in [1.165, 1.54) is 12.1 Å². The topological polar surface area (TPSA) is 49.3 Å². The van der Waals surface area contributed by atoms with Crippen molar-refractivity contribution in [2.75, 3.05) is 5.32 Å². The second kappa shape index (κ2) is 5.06. The van der Waals surface area contributed by atoms with E-state index in [4.69, 9.17) is 0 Å². The van der Waals surface area contributed by atoms with Gasteiger partial charge in [0, 0.05) is 16.8 Å². The van der Waals surface area contributed by atoms with E-state index >= 15 is 0 Å².